The molecule has 2 N–H and O–H groups in total. The fourth-order valence-electron chi connectivity index (χ4n) is 3.78. The van der Waals surface area contributed by atoms with Crippen molar-refractivity contribution in [3.05, 3.63) is 96.8 Å². The summed E-state index contributed by atoms with van der Waals surface area (Å²) in [5, 5.41) is 0.936. The molecular formula is C27H22FN7. The number of anilines is 1. The van der Waals surface area contributed by atoms with E-state index >= 15 is 0 Å². The number of para-hydroxylation sites is 1. The standard InChI is InChI=1S/C27H22FN7/c1-17-22-14-19(10-13-24(22)32-16-31-17)23-15-30-27(33-25(23)18-8-11-20(28)12-9-18)34-26(29)35(2)21-6-4-3-5-7-21/h3-16H,1-2H3,(H2,29,30,33,34). The minimum Gasteiger partial charge on any atom is -0.369 e. The first-order valence-corrected chi connectivity index (χ1v) is 11.0. The van der Waals surface area contributed by atoms with Crippen molar-refractivity contribution in [1.82, 2.24) is 19.9 Å². The molecule has 0 aliphatic heterocycles. The largest absolute Gasteiger partial charge is 0.369 e. The van der Waals surface area contributed by atoms with Crippen LogP contribution in [0, 0.1) is 12.7 Å². The van der Waals surface area contributed by atoms with Crippen LogP contribution in [0.3, 0.4) is 0 Å². The minimum atomic E-state index is -0.324. The molecule has 5 rings (SSSR count). The molecule has 0 aliphatic rings. The zero-order valence-corrected chi connectivity index (χ0v) is 19.2. The number of guanidine groups is 1. The van der Waals surface area contributed by atoms with Crippen molar-refractivity contribution in [1.29, 1.82) is 0 Å². The van der Waals surface area contributed by atoms with Gasteiger partial charge in [0.2, 0.25) is 5.96 Å². The van der Waals surface area contributed by atoms with E-state index in [4.69, 9.17) is 10.7 Å². The van der Waals surface area contributed by atoms with Gasteiger partial charge in [0.1, 0.15) is 12.1 Å². The van der Waals surface area contributed by atoms with Crippen molar-refractivity contribution < 1.29 is 4.39 Å². The first kappa shape index (κ1) is 22.1. The summed E-state index contributed by atoms with van der Waals surface area (Å²) in [6.45, 7) is 1.94. The van der Waals surface area contributed by atoms with E-state index in [2.05, 4.69) is 19.9 Å². The van der Waals surface area contributed by atoms with Crippen LogP contribution in [-0.2, 0) is 0 Å². The molecular weight excluding hydrogens is 441 g/mol. The average Bonchev–Trinajstić information content (AvgIpc) is 2.89. The summed E-state index contributed by atoms with van der Waals surface area (Å²) in [6, 6.07) is 21.7. The van der Waals surface area contributed by atoms with E-state index < -0.39 is 0 Å². The Morgan fingerprint density at radius 1 is 0.914 bits per heavy atom. The molecule has 0 spiro atoms. The molecule has 35 heavy (non-hydrogen) atoms. The molecule has 0 fully saturated rings. The van der Waals surface area contributed by atoms with Crippen LogP contribution < -0.4 is 10.6 Å². The summed E-state index contributed by atoms with van der Waals surface area (Å²) in [5.41, 5.74) is 11.9. The summed E-state index contributed by atoms with van der Waals surface area (Å²) >= 11 is 0. The van der Waals surface area contributed by atoms with Gasteiger partial charge >= 0.3 is 0 Å². The van der Waals surface area contributed by atoms with E-state index in [9.17, 15) is 4.39 Å². The summed E-state index contributed by atoms with van der Waals surface area (Å²) in [4.78, 5) is 24.0. The molecule has 0 amide bonds. The van der Waals surface area contributed by atoms with Gasteiger partial charge in [0.15, 0.2) is 0 Å². The Labute approximate surface area is 201 Å². The van der Waals surface area contributed by atoms with Crippen LogP contribution in [0.15, 0.2) is 90.3 Å². The van der Waals surface area contributed by atoms with Crippen LogP contribution in [0.5, 0.6) is 0 Å². The predicted octanol–water partition coefficient (Wildman–Crippen LogP) is 5.28. The number of halogens is 1. The zero-order chi connectivity index (χ0) is 24.4. The third kappa shape index (κ3) is 4.54. The Balaban J connectivity index is 1.62. The molecule has 2 heterocycles. The molecule has 0 bridgehead atoms. The number of hydrogen-bond acceptors (Lipinski definition) is 5. The number of rotatable bonds is 4. The Kier molecular flexibility index (Phi) is 5.85. The lowest BCUT2D eigenvalue weighted by Crippen LogP contribution is -2.33. The highest BCUT2D eigenvalue weighted by atomic mass is 19.1. The number of aliphatic imine (C=N–C) groups is 1. The van der Waals surface area contributed by atoms with Gasteiger partial charge in [-0.25, -0.2) is 24.3 Å². The highest BCUT2D eigenvalue weighted by Crippen LogP contribution is 2.33. The smallest absolute Gasteiger partial charge is 0.253 e. The Bertz CT molecular complexity index is 1530. The number of aryl methyl sites for hydroxylation is 1. The van der Waals surface area contributed by atoms with Gasteiger partial charge in [-0.15, -0.1) is 0 Å². The monoisotopic (exact) mass is 463 g/mol. The summed E-state index contributed by atoms with van der Waals surface area (Å²) in [7, 11) is 1.82. The van der Waals surface area contributed by atoms with E-state index in [0.29, 0.717) is 5.69 Å². The van der Waals surface area contributed by atoms with Crippen molar-refractivity contribution >= 4 is 28.5 Å². The maximum absolute atomic E-state index is 13.7. The van der Waals surface area contributed by atoms with Crippen LogP contribution in [-0.4, -0.2) is 32.9 Å². The van der Waals surface area contributed by atoms with Crippen LogP contribution >= 0.6 is 0 Å². The van der Waals surface area contributed by atoms with Gasteiger partial charge in [0.25, 0.3) is 5.95 Å². The molecule has 8 heteroatoms. The fourth-order valence-corrected chi connectivity index (χ4v) is 3.78. The molecule has 0 saturated carbocycles. The molecule has 0 unspecified atom stereocenters. The predicted molar refractivity (Wildman–Crippen MR) is 137 cm³/mol. The first-order valence-electron chi connectivity index (χ1n) is 11.0. The van der Waals surface area contributed by atoms with Gasteiger partial charge in [0, 0.05) is 41.1 Å². The maximum atomic E-state index is 13.7. The van der Waals surface area contributed by atoms with E-state index in [-0.39, 0.29) is 17.7 Å². The van der Waals surface area contributed by atoms with Crippen molar-refractivity contribution in [2.75, 3.05) is 11.9 Å². The second kappa shape index (κ2) is 9.26. The van der Waals surface area contributed by atoms with E-state index in [1.165, 1.54) is 12.1 Å². The lowest BCUT2D eigenvalue weighted by molar-refractivity contribution is 0.628. The van der Waals surface area contributed by atoms with E-state index in [1.807, 2.05) is 62.5 Å². The Morgan fingerprint density at radius 2 is 1.66 bits per heavy atom. The number of hydrogen-bond donors (Lipinski definition) is 1. The molecule has 0 saturated heterocycles. The molecule has 0 radical (unpaired) electrons. The molecule has 0 aliphatic carbocycles. The van der Waals surface area contributed by atoms with Gasteiger partial charge in [-0.1, -0.05) is 24.3 Å². The number of nitrogens with zero attached hydrogens (tertiary/aromatic N) is 6. The Hall–Kier alpha value is -4.72. The molecule has 2 aromatic heterocycles. The van der Waals surface area contributed by atoms with Crippen LogP contribution in [0.2, 0.25) is 0 Å². The fraction of sp³-hybridized carbons (Fsp3) is 0.0741. The Morgan fingerprint density at radius 3 is 2.43 bits per heavy atom. The second-order valence-electron chi connectivity index (χ2n) is 7.99. The highest BCUT2D eigenvalue weighted by molar-refractivity contribution is 5.95. The third-order valence-corrected chi connectivity index (χ3v) is 5.74. The zero-order valence-electron chi connectivity index (χ0n) is 19.2. The van der Waals surface area contributed by atoms with Gasteiger partial charge in [-0.3, -0.25) is 0 Å². The number of benzene rings is 3. The van der Waals surface area contributed by atoms with Crippen molar-refractivity contribution in [3.63, 3.8) is 0 Å². The van der Waals surface area contributed by atoms with Crippen LogP contribution in [0.4, 0.5) is 16.0 Å². The van der Waals surface area contributed by atoms with Gasteiger partial charge < -0.3 is 10.6 Å². The van der Waals surface area contributed by atoms with Gasteiger partial charge in [0.05, 0.1) is 11.2 Å². The molecule has 5 aromatic rings. The van der Waals surface area contributed by atoms with Crippen molar-refractivity contribution in [3.8, 4) is 22.4 Å². The lowest BCUT2D eigenvalue weighted by atomic mass is 9.99. The van der Waals surface area contributed by atoms with Crippen molar-refractivity contribution in [2.24, 2.45) is 10.7 Å². The quantitative estimate of drug-likeness (QED) is 0.288. The van der Waals surface area contributed by atoms with E-state index in [0.717, 1.165) is 39.0 Å². The number of aromatic nitrogens is 4. The SMILES string of the molecule is Cc1ncnc2ccc(-c3cnc(N=C(N)N(C)c4ccccc4)nc3-c3ccc(F)cc3)cc12. The lowest BCUT2D eigenvalue weighted by Gasteiger charge is -2.17. The first-order chi connectivity index (χ1) is 17.0. The average molecular weight is 464 g/mol. The van der Waals surface area contributed by atoms with Crippen LogP contribution in [0.25, 0.3) is 33.3 Å². The highest BCUT2D eigenvalue weighted by Gasteiger charge is 2.14. The number of fused-ring (bicyclic) bond motifs is 1. The van der Waals surface area contributed by atoms with Gasteiger partial charge in [-0.2, -0.15) is 4.99 Å². The minimum absolute atomic E-state index is 0.202. The summed E-state index contributed by atoms with van der Waals surface area (Å²) in [5.74, 6) is 0.121. The third-order valence-electron chi connectivity index (χ3n) is 5.74. The van der Waals surface area contributed by atoms with Crippen molar-refractivity contribution in [2.45, 2.75) is 6.92 Å². The maximum Gasteiger partial charge on any atom is 0.253 e. The molecule has 3 aromatic carbocycles. The van der Waals surface area contributed by atoms with E-state index in [1.54, 1.807) is 29.6 Å². The molecule has 0 atom stereocenters. The molecule has 172 valence electrons. The second-order valence-corrected chi connectivity index (χ2v) is 7.99. The summed E-state index contributed by atoms with van der Waals surface area (Å²) < 4.78 is 13.7. The number of nitrogens with two attached hydrogens (primary N) is 1. The van der Waals surface area contributed by atoms with Gasteiger partial charge in [-0.05, 0) is 61.0 Å². The molecule has 7 nitrogen and oxygen atoms in total. The normalized spacial score (nSPS) is 11.6. The topological polar surface area (TPSA) is 93.2 Å². The van der Waals surface area contributed by atoms with Crippen LogP contribution in [0.1, 0.15) is 5.69 Å². The summed E-state index contributed by atoms with van der Waals surface area (Å²) in [6.07, 6.45) is 3.26.